The van der Waals surface area contributed by atoms with Crippen molar-refractivity contribution in [2.24, 2.45) is 5.92 Å². The highest BCUT2D eigenvalue weighted by molar-refractivity contribution is 5.95. The largest absolute Gasteiger partial charge is 0.496 e. The van der Waals surface area contributed by atoms with Gasteiger partial charge in [0.2, 0.25) is 17.7 Å². The zero-order valence-corrected chi connectivity index (χ0v) is 21.3. The Kier molecular flexibility index (Phi) is 9.29. The summed E-state index contributed by atoms with van der Waals surface area (Å²) in [5, 5.41) is 3.08. The van der Waals surface area contributed by atoms with E-state index in [4.69, 9.17) is 4.74 Å². The molecule has 0 bridgehead atoms. The Morgan fingerprint density at radius 2 is 1.91 bits per heavy atom. The van der Waals surface area contributed by atoms with Crippen molar-refractivity contribution in [1.82, 2.24) is 9.80 Å². The van der Waals surface area contributed by atoms with E-state index in [2.05, 4.69) is 12.2 Å². The maximum Gasteiger partial charge on any atom is 0.229 e. The van der Waals surface area contributed by atoms with Crippen LogP contribution in [0.15, 0.2) is 48.5 Å². The average Bonchev–Trinajstić information content (AvgIpc) is 2.86. The zero-order chi connectivity index (χ0) is 25.4. The minimum absolute atomic E-state index is 0.0145. The van der Waals surface area contributed by atoms with Gasteiger partial charge in [0.05, 0.1) is 19.1 Å². The molecule has 188 valence electrons. The summed E-state index contributed by atoms with van der Waals surface area (Å²) in [7, 11) is 1.61. The van der Waals surface area contributed by atoms with Gasteiger partial charge < -0.3 is 19.9 Å². The second kappa shape index (κ2) is 12.4. The molecule has 3 rings (SSSR count). The van der Waals surface area contributed by atoms with Gasteiger partial charge in [-0.15, -0.1) is 0 Å². The second-order valence-electron chi connectivity index (χ2n) is 9.00. The Labute approximate surface area is 208 Å². The summed E-state index contributed by atoms with van der Waals surface area (Å²) in [5.74, 6) is 0.238. The standard InChI is InChI=1S/C28H37N3O4/c1-5-7-17-31-26(33)16-15-24(27(31)23-13-8-9-14-25(23)35-4)28(34)29-22-12-10-11-21(18-22)19-30(6-2)20(3)32/h8-14,18,24,27H,5-7,15-17,19H2,1-4H3,(H,29,34). The van der Waals surface area contributed by atoms with Crippen LogP contribution in [0, 0.1) is 5.92 Å². The molecule has 1 heterocycles. The van der Waals surface area contributed by atoms with Crippen molar-refractivity contribution < 1.29 is 19.1 Å². The number of unbranched alkanes of at least 4 members (excludes halogenated alkanes) is 1. The number of nitrogens with one attached hydrogen (secondary N) is 1. The number of methoxy groups -OCH3 is 1. The van der Waals surface area contributed by atoms with E-state index in [1.807, 2.05) is 60.4 Å². The van der Waals surface area contributed by atoms with E-state index in [-0.39, 0.29) is 17.7 Å². The molecule has 1 aliphatic rings. The third kappa shape index (κ3) is 6.41. The van der Waals surface area contributed by atoms with E-state index in [1.54, 1.807) is 18.9 Å². The van der Waals surface area contributed by atoms with Crippen LogP contribution in [0.1, 0.15) is 63.6 Å². The Morgan fingerprint density at radius 3 is 2.60 bits per heavy atom. The van der Waals surface area contributed by atoms with E-state index in [1.165, 1.54) is 0 Å². The quantitative estimate of drug-likeness (QED) is 0.532. The third-order valence-electron chi connectivity index (χ3n) is 6.65. The number of rotatable bonds is 10. The molecular weight excluding hydrogens is 442 g/mol. The maximum atomic E-state index is 13.6. The summed E-state index contributed by atoms with van der Waals surface area (Å²) < 4.78 is 5.61. The molecular formula is C28H37N3O4. The molecule has 1 N–H and O–H groups in total. The third-order valence-corrected chi connectivity index (χ3v) is 6.65. The van der Waals surface area contributed by atoms with Crippen LogP contribution in [-0.4, -0.2) is 47.7 Å². The molecule has 1 aliphatic heterocycles. The molecule has 7 nitrogen and oxygen atoms in total. The van der Waals surface area contributed by atoms with Crippen LogP contribution in [-0.2, 0) is 20.9 Å². The van der Waals surface area contributed by atoms with Gasteiger partial charge in [-0.2, -0.15) is 0 Å². The molecule has 2 aromatic rings. The number of ether oxygens (including phenoxy) is 1. The molecule has 0 radical (unpaired) electrons. The normalized spacial score (nSPS) is 17.7. The number of hydrogen-bond donors (Lipinski definition) is 1. The predicted octanol–water partition coefficient (Wildman–Crippen LogP) is 4.78. The Balaban J connectivity index is 1.88. The highest BCUT2D eigenvalue weighted by Gasteiger charge is 2.41. The van der Waals surface area contributed by atoms with Crippen molar-refractivity contribution in [2.75, 3.05) is 25.5 Å². The highest BCUT2D eigenvalue weighted by atomic mass is 16.5. The first-order valence-corrected chi connectivity index (χ1v) is 12.5. The maximum absolute atomic E-state index is 13.6. The van der Waals surface area contributed by atoms with Crippen LogP contribution < -0.4 is 10.1 Å². The number of nitrogens with zero attached hydrogens (tertiary/aromatic N) is 2. The Bertz CT molecular complexity index is 1040. The minimum Gasteiger partial charge on any atom is -0.496 e. The van der Waals surface area contributed by atoms with Crippen molar-refractivity contribution in [1.29, 1.82) is 0 Å². The summed E-state index contributed by atoms with van der Waals surface area (Å²) in [6.07, 6.45) is 2.65. The average molecular weight is 480 g/mol. The molecule has 0 aliphatic carbocycles. The lowest BCUT2D eigenvalue weighted by atomic mass is 9.83. The molecule has 7 heteroatoms. The van der Waals surface area contributed by atoms with E-state index >= 15 is 0 Å². The first kappa shape index (κ1) is 26.3. The van der Waals surface area contributed by atoms with Crippen LogP contribution in [0.3, 0.4) is 0 Å². The van der Waals surface area contributed by atoms with Gasteiger partial charge in [-0.3, -0.25) is 14.4 Å². The highest BCUT2D eigenvalue weighted by Crippen LogP contribution is 2.41. The lowest BCUT2D eigenvalue weighted by Gasteiger charge is -2.41. The molecule has 0 aromatic heterocycles. The van der Waals surface area contributed by atoms with Gasteiger partial charge in [-0.1, -0.05) is 43.7 Å². The first-order valence-electron chi connectivity index (χ1n) is 12.5. The minimum atomic E-state index is -0.408. The van der Waals surface area contributed by atoms with Crippen molar-refractivity contribution in [3.8, 4) is 5.75 Å². The van der Waals surface area contributed by atoms with Gasteiger partial charge in [-0.25, -0.2) is 0 Å². The number of piperidine rings is 1. The van der Waals surface area contributed by atoms with Crippen LogP contribution >= 0.6 is 0 Å². The number of amides is 3. The predicted molar refractivity (Wildman–Crippen MR) is 137 cm³/mol. The summed E-state index contributed by atoms with van der Waals surface area (Å²) >= 11 is 0. The van der Waals surface area contributed by atoms with Gasteiger partial charge >= 0.3 is 0 Å². The van der Waals surface area contributed by atoms with Gasteiger partial charge in [-0.05, 0) is 43.5 Å². The van der Waals surface area contributed by atoms with Crippen molar-refractivity contribution >= 4 is 23.4 Å². The van der Waals surface area contributed by atoms with Gasteiger partial charge in [0, 0.05) is 44.2 Å². The fourth-order valence-corrected chi connectivity index (χ4v) is 4.76. The zero-order valence-electron chi connectivity index (χ0n) is 21.3. The summed E-state index contributed by atoms with van der Waals surface area (Å²) in [5.41, 5.74) is 2.49. The van der Waals surface area contributed by atoms with Crippen LogP contribution in [0.2, 0.25) is 0 Å². The lowest BCUT2D eigenvalue weighted by molar-refractivity contribution is -0.142. The molecule has 1 fully saturated rings. The molecule has 0 saturated carbocycles. The Morgan fingerprint density at radius 1 is 1.14 bits per heavy atom. The lowest BCUT2D eigenvalue weighted by Crippen LogP contribution is -2.47. The number of para-hydroxylation sites is 1. The van der Waals surface area contributed by atoms with Gasteiger partial charge in [0.25, 0.3) is 0 Å². The molecule has 2 unspecified atom stereocenters. The van der Waals surface area contributed by atoms with E-state index in [9.17, 15) is 14.4 Å². The Hall–Kier alpha value is -3.35. The number of hydrogen-bond acceptors (Lipinski definition) is 4. The van der Waals surface area contributed by atoms with Crippen molar-refractivity contribution in [3.63, 3.8) is 0 Å². The topological polar surface area (TPSA) is 79.0 Å². The van der Waals surface area contributed by atoms with Crippen LogP contribution in [0.5, 0.6) is 5.75 Å². The molecule has 2 aromatic carbocycles. The van der Waals surface area contributed by atoms with Crippen molar-refractivity contribution in [3.05, 3.63) is 59.7 Å². The summed E-state index contributed by atoms with van der Waals surface area (Å²) in [4.78, 5) is 42.0. The molecule has 35 heavy (non-hydrogen) atoms. The van der Waals surface area contributed by atoms with Gasteiger partial charge in [0.15, 0.2) is 0 Å². The van der Waals surface area contributed by atoms with Crippen molar-refractivity contribution in [2.45, 2.75) is 59.0 Å². The monoisotopic (exact) mass is 479 g/mol. The van der Waals surface area contributed by atoms with E-state index in [0.29, 0.717) is 43.9 Å². The van der Waals surface area contributed by atoms with E-state index in [0.717, 1.165) is 24.0 Å². The fraction of sp³-hybridized carbons (Fsp3) is 0.464. The second-order valence-corrected chi connectivity index (χ2v) is 9.00. The number of benzene rings is 2. The number of likely N-dealkylation sites (tertiary alicyclic amines) is 1. The number of carbonyl (C=O) groups is 3. The fourth-order valence-electron chi connectivity index (χ4n) is 4.76. The van der Waals surface area contributed by atoms with E-state index < -0.39 is 12.0 Å². The molecule has 2 atom stereocenters. The van der Waals surface area contributed by atoms with Crippen LogP contribution in [0.4, 0.5) is 5.69 Å². The summed E-state index contributed by atoms with van der Waals surface area (Å²) in [6, 6.07) is 14.8. The number of carbonyl (C=O) groups excluding carboxylic acids is 3. The summed E-state index contributed by atoms with van der Waals surface area (Å²) in [6.45, 7) is 7.31. The smallest absolute Gasteiger partial charge is 0.229 e. The van der Waals surface area contributed by atoms with Crippen LogP contribution in [0.25, 0.3) is 0 Å². The first-order chi connectivity index (χ1) is 16.9. The molecule has 3 amide bonds. The SMILES string of the molecule is CCCCN1C(=O)CCC(C(=O)Nc2cccc(CN(CC)C(C)=O)c2)C1c1ccccc1OC. The number of anilines is 1. The van der Waals surface area contributed by atoms with Gasteiger partial charge in [0.1, 0.15) is 5.75 Å². The molecule has 0 spiro atoms. The molecule has 1 saturated heterocycles.